The number of piperidine rings is 1. The number of carbonyl (C=O) groups is 1. The third-order valence-corrected chi connectivity index (χ3v) is 5.22. The predicted octanol–water partition coefficient (Wildman–Crippen LogP) is 3.65. The molecule has 1 atom stereocenters. The van der Waals surface area contributed by atoms with Crippen molar-refractivity contribution in [2.24, 2.45) is 5.92 Å². The first kappa shape index (κ1) is 19.3. The molecule has 3 rings (SSSR count). The van der Waals surface area contributed by atoms with Crippen LogP contribution in [-0.4, -0.2) is 40.9 Å². The number of rotatable bonds is 4. The molecule has 0 saturated carbocycles. The minimum atomic E-state index is 0.00130. The summed E-state index contributed by atoms with van der Waals surface area (Å²) >= 11 is 0. The number of hydrogen-bond acceptors (Lipinski definition) is 4. The Bertz CT molecular complexity index is 752. The monoisotopic (exact) mass is 366 g/mol. The maximum Gasteiger partial charge on any atom is 0.227 e. The summed E-state index contributed by atoms with van der Waals surface area (Å²) in [6, 6.07) is 10.4. The highest BCUT2D eigenvalue weighted by atomic mass is 16.2. The Morgan fingerprint density at radius 3 is 2.48 bits per heavy atom. The smallest absolute Gasteiger partial charge is 0.227 e. The maximum atomic E-state index is 13.0. The molecule has 0 bridgehead atoms. The largest absolute Gasteiger partial charge is 0.341 e. The number of hydrogen-bond donors (Lipinski definition) is 0. The van der Waals surface area contributed by atoms with Crippen molar-refractivity contribution >= 4 is 11.9 Å². The zero-order valence-electron chi connectivity index (χ0n) is 16.9. The van der Waals surface area contributed by atoms with E-state index in [4.69, 9.17) is 0 Å². The molecule has 1 aliphatic heterocycles. The molecule has 1 fully saturated rings. The van der Waals surface area contributed by atoms with Crippen molar-refractivity contribution < 1.29 is 4.79 Å². The summed E-state index contributed by atoms with van der Waals surface area (Å²) < 4.78 is 0. The quantitative estimate of drug-likeness (QED) is 0.829. The first-order valence-electron chi connectivity index (χ1n) is 9.71. The van der Waals surface area contributed by atoms with E-state index in [1.165, 1.54) is 5.56 Å². The van der Waals surface area contributed by atoms with Gasteiger partial charge in [-0.25, -0.2) is 9.97 Å². The van der Waals surface area contributed by atoms with Crippen LogP contribution in [0.3, 0.4) is 0 Å². The van der Waals surface area contributed by atoms with Gasteiger partial charge in [-0.05, 0) is 35.4 Å². The molecule has 5 heteroatoms. The molecular formula is C22H30N4O. The Morgan fingerprint density at radius 1 is 1.19 bits per heavy atom. The van der Waals surface area contributed by atoms with Gasteiger partial charge in [0.15, 0.2) is 0 Å². The number of nitrogens with zero attached hydrogens (tertiary/aromatic N) is 4. The van der Waals surface area contributed by atoms with Crippen LogP contribution in [0.5, 0.6) is 0 Å². The zero-order valence-corrected chi connectivity index (χ0v) is 16.9. The maximum absolute atomic E-state index is 13.0. The van der Waals surface area contributed by atoms with Crippen molar-refractivity contribution in [1.29, 1.82) is 0 Å². The molecule has 1 amide bonds. The highest BCUT2D eigenvalue weighted by Gasteiger charge is 2.29. The molecule has 0 spiro atoms. The van der Waals surface area contributed by atoms with Crippen LogP contribution in [0, 0.1) is 5.92 Å². The van der Waals surface area contributed by atoms with Gasteiger partial charge in [-0.15, -0.1) is 0 Å². The molecule has 0 aliphatic carbocycles. The molecule has 27 heavy (non-hydrogen) atoms. The summed E-state index contributed by atoms with van der Waals surface area (Å²) in [6.07, 6.45) is 5.42. The Labute approximate surface area is 162 Å². The molecule has 1 aromatic carbocycles. The number of amides is 1. The highest BCUT2D eigenvalue weighted by molar-refractivity contribution is 5.79. The summed E-state index contributed by atoms with van der Waals surface area (Å²) in [5, 5.41) is 0. The lowest BCUT2D eigenvalue weighted by molar-refractivity contribution is -0.135. The molecule has 0 radical (unpaired) electrons. The van der Waals surface area contributed by atoms with E-state index in [-0.39, 0.29) is 17.2 Å². The van der Waals surface area contributed by atoms with Gasteiger partial charge in [0.1, 0.15) is 0 Å². The van der Waals surface area contributed by atoms with E-state index in [1.807, 2.05) is 18.0 Å². The third kappa shape index (κ3) is 4.85. The van der Waals surface area contributed by atoms with Crippen molar-refractivity contribution in [3.8, 4) is 0 Å². The van der Waals surface area contributed by atoms with Crippen LogP contribution < -0.4 is 4.90 Å². The molecule has 0 unspecified atom stereocenters. The zero-order chi connectivity index (χ0) is 19.4. The summed E-state index contributed by atoms with van der Waals surface area (Å²) in [4.78, 5) is 25.6. The van der Waals surface area contributed by atoms with Gasteiger partial charge in [0.25, 0.3) is 0 Å². The fourth-order valence-electron chi connectivity index (χ4n) is 3.59. The first-order chi connectivity index (χ1) is 12.8. The van der Waals surface area contributed by atoms with E-state index < -0.39 is 0 Å². The van der Waals surface area contributed by atoms with Crippen LogP contribution in [0.1, 0.15) is 44.7 Å². The number of anilines is 1. The van der Waals surface area contributed by atoms with E-state index >= 15 is 0 Å². The van der Waals surface area contributed by atoms with Crippen molar-refractivity contribution in [2.45, 2.75) is 45.6 Å². The fourth-order valence-corrected chi connectivity index (χ4v) is 3.59. The lowest BCUT2D eigenvalue weighted by Crippen LogP contribution is -2.44. The van der Waals surface area contributed by atoms with Crippen LogP contribution in [0.4, 0.5) is 5.95 Å². The van der Waals surface area contributed by atoms with Gasteiger partial charge in [-0.2, -0.15) is 0 Å². The number of carbonyl (C=O) groups excluding carboxylic acids is 1. The molecule has 1 aromatic heterocycles. The van der Waals surface area contributed by atoms with Gasteiger partial charge >= 0.3 is 0 Å². The van der Waals surface area contributed by atoms with Crippen molar-refractivity contribution in [3.63, 3.8) is 0 Å². The number of aromatic nitrogens is 2. The van der Waals surface area contributed by atoms with E-state index in [9.17, 15) is 4.79 Å². The molecule has 2 heterocycles. The van der Waals surface area contributed by atoms with Crippen molar-refractivity contribution in [1.82, 2.24) is 14.9 Å². The van der Waals surface area contributed by atoms with Gasteiger partial charge in [0.2, 0.25) is 11.9 Å². The summed E-state index contributed by atoms with van der Waals surface area (Å²) in [6.45, 7) is 8.87. The third-order valence-electron chi connectivity index (χ3n) is 5.22. The van der Waals surface area contributed by atoms with Crippen LogP contribution in [0.2, 0.25) is 0 Å². The summed E-state index contributed by atoms with van der Waals surface area (Å²) in [5.41, 5.74) is 2.62. The molecule has 1 aliphatic rings. The molecule has 2 aromatic rings. The Kier molecular flexibility index (Phi) is 5.78. The summed E-state index contributed by atoms with van der Waals surface area (Å²) in [7, 11) is 1.90. The second-order valence-corrected chi connectivity index (χ2v) is 8.48. The topological polar surface area (TPSA) is 49.3 Å². The molecule has 0 N–H and O–H groups in total. The molecule has 144 valence electrons. The van der Waals surface area contributed by atoms with Crippen molar-refractivity contribution in [2.75, 3.05) is 25.0 Å². The average molecular weight is 367 g/mol. The van der Waals surface area contributed by atoms with Gasteiger partial charge in [-0.1, -0.05) is 45.0 Å². The lowest BCUT2D eigenvalue weighted by Gasteiger charge is -2.34. The second-order valence-electron chi connectivity index (χ2n) is 8.48. The van der Waals surface area contributed by atoms with Gasteiger partial charge in [0, 0.05) is 39.1 Å². The van der Waals surface area contributed by atoms with Crippen LogP contribution in [-0.2, 0) is 16.8 Å². The normalized spacial score (nSPS) is 17.6. The lowest BCUT2D eigenvalue weighted by atomic mass is 9.87. The Morgan fingerprint density at radius 2 is 1.85 bits per heavy atom. The molecule has 1 saturated heterocycles. The molecule has 5 nitrogen and oxygen atoms in total. The minimum Gasteiger partial charge on any atom is -0.341 e. The van der Waals surface area contributed by atoms with E-state index in [0.29, 0.717) is 13.1 Å². The Balaban J connectivity index is 1.61. The Hall–Kier alpha value is -2.43. The number of benzene rings is 1. The average Bonchev–Trinajstić information content (AvgIpc) is 2.68. The predicted molar refractivity (Wildman–Crippen MR) is 109 cm³/mol. The van der Waals surface area contributed by atoms with E-state index in [2.05, 4.69) is 59.9 Å². The standard InChI is InChI=1S/C22H30N4O/c1-22(2,3)19-10-8-17(9-11-19)15-25(4)20(27)18-7-5-14-26(16-18)21-23-12-6-13-24-21/h6,8-13,18H,5,7,14-16H2,1-4H3/t18-/m1/s1. The van der Waals surface area contributed by atoms with Gasteiger partial charge in [0.05, 0.1) is 5.92 Å². The molecular weight excluding hydrogens is 336 g/mol. The van der Waals surface area contributed by atoms with Crippen LogP contribution in [0.15, 0.2) is 42.7 Å². The first-order valence-corrected chi connectivity index (χ1v) is 9.71. The van der Waals surface area contributed by atoms with Crippen molar-refractivity contribution in [3.05, 3.63) is 53.9 Å². The van der Waals surface area contributed by atoms with Crippen LogP contribution >= 0.6 is 0 Å². The van der Waals surface area contributed by atoms with Gasteiger partial charge < -0.3 is 9.80 Å². The van der Waals surface area contributed by atoms with E-state index in [1.54, 1.807) is 12.4 Å². The fraction of sp³-hybridized carbons (Fsp3) is 0.500. The highest BCUT2D eigenvalue weighted by Crippen LogP contribution is 2.24. The van der Waals surface area contributed by atoms with Crippen LogP contribution in [0.25, 0.3) is 0 Å². The minimum absolute atomic E-state index is 0.00130. The second kappa shape index (κ2) is 8.07. The summed E-state index contributed by atoms with van der Waals surface area (Å²) in [5.74, 6) is 0.923. The van der Waals surface area contributed by atoms with E-state index in [0.717, 1.165) is 30.9 Å². The van der Waals surface area contributed by atoms with Gasteiger partial charge in [-0.3, -0.25) is 4.79 Å². The SMILES string of the molecule is CN(Cc1ccc(C(C)(C)C)cc1)C(=O)[C@@H]1CCCN(c2ncccn2)C1.